The van der Waals surface area contributed by atoms with E-state index in [2.05, 4.69) is 0 Å². The van der Waals surface area contributed by atoms with Crippen LogP contribution in [0.4, 0.5) is 0 Å². The van der Waals surface area contributed by atoms with Gasteiger partial charge in [-0.1, -0.05) is 30.3 Å². The van der Waals surface area contributed by atoms with E-state index in [0.29, 0.717) is 26.2 Å². The number of carbonyl (C=O) groups is 1. The second kappa shape index (κ2) is 7.15. The molecule has 0 aliphatic heterocycles. The third-order valence-electron chi connectivity index (χ3n) is 2.00. The molecule has 3 nitrogen and oxygen atoms in total. The zero-order chi connectivity index (χ0) is 10.9. The summed E-state index contributed by atoms with van der Waals surface area (Å²) in [5.41, 5.74) is 0.743. The molecule has 3 heteroatoms. The predicted octanol–water partition coefficient (Wildman–Crippen LogP) is 1.92. The fraction of sp³-hybridized carbons (Fsp3) is 0.417. The van der Waals surface area contributed by atoms with Gasteiger partial charge in [0.1, 0.15) is 0 Å². The molecule has 0 atom stereocenters. The van der Waals surface area contributed by atoms with Crippen LogP contribution in [0.5, 0.6) is 0 Å². The first kappa shape index (κ1) is 11.9. The van der Waals surface area contributed by atoms with Gasteiger partial charge in [-0.25, -0.2) is 0 Å². The SMILES string of the molecule is COCCOCCC(=O)c1ccccc1. The van der Waals surface area contributed by atoms with Gasteiger partial charge in [-0.2, -0.15) is 0 Å². The molecule has 0 fully saturated rings. The van der Waals surface area contributed by atoms with E-state index in [0.717, 1.165) is 5.56 Å². The van der Waals surface area contributed by atoms with E-state index >= 15 is 0 Å². The summed E-state index contributed by atoms with van der Waals surface area (Å²) < 4.78 is 10.0. The van der Waals surface area contributed by atoms with Crippen LogP contribution in [0.15, 0.2) is 30.3 Å². The molecule has 1 rings (SSSR count). The zero-order valence-electron chi connectivity index (χ0n) is 8.94. The van der Waals surface area contributed by atoms with Crippen molar-refractivity contribution in [1.29, 1.82) is 0 Å². The van der Waals surface area contributed by atoms with Gasteiger partial charge in [-0.05, 0) is 0 Å². The van der Waals surface area contributed by atoms with Crippen LogP contribution in [-0.4, -0.2) is 32.7 Å². The fourth-order valence-corrected chi connectivity index (χ4v) is 1.18. The normalized spacial score (nSPS) is 10.2. The van der Waals surface area contributed by atoms with Gasteiger partial charge in [0, 0.05) is 19.1 Å². The first-order chi connectivity index (χ1) is 7.34. The maximum absolute atomic E-state index is 11.6. The third kappa shape index (κ3) is 4.72. The van der Waals surface area contributed by atoms with Crippen LogP contribution in [0, 0.1) is 0 Å². The van der Waals surface area contributed by atoms with E-state index in [9.17, 15) is 4.79 Å². The molecule has 0 saturated heterocycles. The molecule has 0 N–H and O–H groups in total. The Bertz CT molecular complexity index is 282. The molecule has 0 saturated carbocycles. The van der Waals surface area contributed by atoms with Crippen LogP contribution in [-0.2, 0) is 9.47 Å². The minimum Gasteiger partial charge on any atom is -0.382 e. The number of ether oxygens (including phenoxy) is 2. The summed E-state index contributed by atoms with van der Waals surface area (Å²) in [6.07, 6.45) is 0.424. The van der Waals surface area contributed by atoms with Gasteiger partial charge in [-0.3, -0.25) is 4.79 Å². The van der Waals surface area contributed by atoms with Crippen LogP contribution < -0.4 is 0 Å². The number of methoxy groups -OCH3 is 1. The summed E-state index contributed by atoms with van der Waals surface area (Å²) in [6.45, 7) is 1.56. The maximum atomic E-state index is 11.6. The van der Waals surface area contributed by atoms with Crippen LogP contribution in [0.2, 0.25) is 0 Å². The Hall–Kier alpha value is -1.19. The number of hydrogen-bond acceptors (Lipinski definition) is 3. The van der Waals surface area contributed by atoms with Crippen molar-refractivity contribution in [3.8, 4) is 0 Å². The lowest BCUT2D eigenvalue weighted by Gasteiger charge is -2.03. The Morgan fingerprint density at radius 2 is 1.87 bits per heavy atom. The second-order valence-electron chi connectivity index (χ2n) is 3.14. The Morgan fingerprint density at radius 3 is 2.53 bits per heavy atom. The molecular weight excluding hydrogens is 192 g/mol. The molecule has 0 aromatic heterocycles. The molecule has 0 spiro atoms. The van der Waals surface area contributed by atoms with Gasteiger partial charge < -0.3 is 9.47 Å². The van der Waals surface area contributed by atoms with Gasteiger partial charge in [0.25, 0.3) is 0 Å². The van der Waals surface area contributed by atoms with Crippen molar-refractivity contribution in [2.45, 2.75) is 6.42 Å². The van der Waals surface area contributed by atoms with Gasteiger partial charge in [0.05, 0.1) is 19.8 Å². The highest BCUT2D eigenvalue weighted by atomic mass is 16.5. The standard InChI is InChI=1S/C12H16O3/c1-14-9-10-15-8-7-12(13)11-5-3-2-4-6-11/h2-6H,7-10H2,1H3. The van der Waals surface area contributed by atoms with Crippen LogP contribution in [0.25, 0.3) is 0 Å². The average molecular weight is 208 g/mol. The molecule has 0 amide bonds. The molecular formula is C12H16O3. The molecule has 82 valence electrons. The highest BCUT2D eigenvalue weighted by Crippen LogP contribution is 2.02. The highest BCUT2D eigenvalue weighted by Gasteiger charge is 2.03. The average Bonchev–Trinajstić information content (AvgIpc) is 2.30. The number of Topliss-reactive ketones (excluding diaryl/α,β-unsaturated/α-hetero) is 1. The minimum absolute atomic E-state index is 0.119. The van der Waals surface area contributed by atoms with Crippen LogP contribution >= 0.6 is 0 Å². The molecule has 1 aromatic rings. The summed E-state index contributed by atoms with van der Waals surface area (Å²) >= 11 is 0. The van der Waals surface area contributed by atoms with E-state index in [1.54, 1.807) is 7.11 Å². The molecule has 0 heterocycles. The van der Waals surface area contributed by atoms with E-state index in [4.69, 9.17) is 9.47 Å². The molecule has 0 unspecified atom stereocenters. The van der Waals surface area contributed by atoms with Crippen LogP contribution in [0.1, 0.15) is 16.8 Å². The highest BCUT2D eigenvalue weighted by molar-refractivity contribution is 5.96. The van der Waals surface area contributed by atoms with Gasteiger partial charge >= 0.3 is 0 Å². The van der Waals surface area contributed by atoms with Crippen molar-refractivity contribution in [2.24, 2.45) is 0 Å². The van der Waals surface area contributed by atoms with Crippen molar-refractivity contribution in [1.82, 2.24) is 0 Å². The summed E-state index contributed by atoms with van der Waals surface area (Å²) in [7, 11) is 1.62. The van der Waals surface area contributed by atoms with E-state index in [1.807, 2.05) is 30.3 Å². The van der Waals surface area contributed by atoms with Gasteiger partial charge in [0.2, 0.25) is 0 Å². The Balaban J connectivity index is 2.20. The van der Waals surface area contributed by atoms with E-state index in [1.165, 1.54) is 0 Å². The van der Waals surface area contributed by atoms with Gasteiger partial charge in [0.15, 0.2) is 5.78 Å². The summed E-state index contributed by atoms with van der Waals surface area (Å²) in [4.78, 5) is 11.6. The van der Waals surface area contributed by atoms with Gasteiger partial charge in [-0.15, -0.1) is 0 Å². The molecule has 0 aliphatic rings. The van der Waals surface area contributed by atoms with Crippen molar-refractivity contribution < 1.29 is 14.3 Å². The lowest BCUT2D eigenvalue weighted by atomic mass is 10.1. The van der Waals surface area contributed by atoms with Crippen LogP contribution in [0.3, 0.4) is 0 Å². The predicted molar refractivity (Wildman–Crippen MR) is 58.1 cm³/mol. The Morgan fingerprint density at radius 1 is 1.13 bits per heavy atom. The maximum Gasteiger partial charge on any atom is 0.165 e. The Labute approximate surface area is 90.0 Å². The largest absolute Gasteiger partial charge is 0.382 e. The third-order valence-corrected chi connectivity index (χ3v) is 2.00. The minimum atomic E-state index is 0.119. The molecule has 0 bridgehead atoms. The summed E-state index contributed by atoms with van der Waals surface area (Å²) in [5, 5.41) is 0. The summed E-state index contributed by atoms with van der Waals surface area (Å²) in [5.74, 6) is 0.119. The second-order valence-corrected chi connectivity index (χ2v) is 3.14. The number of benzene rings is 1. The lowest BCUT2D eigenvalue weighted by molar-refractivity contribution is 0.0641. The Kier molecular flexibility index (Phi) is 5.66. The first-order valence-electron chi connectivity index (χ1n) is 4.99. The van der Waals surface area contributed by atoms with Crippen molar-refractivity contribution in [2.75, 3.05) is 26.9 Å². The van der Waals surface area contributed by atoms with E-state index in [-0.39, 0.29) is 5.78 Å². The summed E-state index contributed by atoms with van der Waals surface area (Å²) in [6, 6.07) is 9.25. The fourth-order valence-electron chi connectivity index (χ4n) is 1.18. The molecule has 15 heavy (non-hydrogen) atoms. The van der Waals surface area contributed by atoms with Crippen molar-refractivity contribution in [3.05, 3.63) is 35.9 Å². The number of rotatable bonds is 7. The lowest BCUT2D eigenvalue weighted by Crippen LogP contribution is -2.07. The molecule has 0 radical (unpaired) electrons. The molecule has 0 aliphatic carbocycles. The zero-order valence-corrected chi connectivity index (χ0v) is 8.94. The monoisotopic (exact) mass is 208 g/mol. The smallest absolute Gasteiger partial charge is 0.165 e. The van der Waals surface area contributed by atoms with Crippen molar-refractivity contribution >= 4 is 5.78 Å². The first-order valence-corrected chi connectivity index (χ1v) is 4.99. The number of carbonyl (C=O) groups excluding carboxylic acids is 1. The molecule has 1 aromatic carbocycles. The quantitative estimate of drug-likeness (QED) is 0.507. The number of ketones is 1. The number of hydrogen-bond donors (Lipinski definition) is 0. The van der Waals surface area contributed by atoms with E-state index < -0.39 is 0 Å². The topological polar surface area (TPSA) is 35.5 Å². The van der Waals surface area contributed by atoms with Crippen molar-refractivity contribution in [3.63, 3.8) is 0 Å².